The first kappa shape index (κ1) is 20.7. The van der Waals surface area contributed by atoms with E-state index in [1.807, 2.05) is 4.90 Å². The molecule has 1 aliphatic rings. The minimum absolute atomic E-state index is 0.0828. The van der Waals surface area contributed by atoms with Crippen molar-refractivity contribution >= 4 is 18.0 Å². The number of benzene rings is 1. The molecule has 7 nitrogen and oxygen atoms in total. The lowest BCUT2D eigenvalue weighted by Gasteiger charge is -2.22. The van der Waals surface area contributed by atoms with Crippen molar-refractivity contribution in [1.82, 2.24) is 9.80 Å². The molecule has 148 valence electrons. The van der Waals surface area contributed by atoms with Crippen LogP contribution in [0.1, 0.15) is 49.9 Å². The van der Waals surface area contributed by atoms with Crippen molar-refractivity contribution in [2.24, 2.45) is 0 Å². The monoisotopic (exact) mass is 376 g/mol. The van der Waals surface area contributed by atoms with Crippen LogP contribution in [0.3, 0.4) is 0 Å². The fourth-order valence-corrected chi connectivity index (χ4v) is 2.95. The molecule has 0 saturated carbocycles. The SMILES string of the molecule is CCCCC(=O)N1CCCN(C(=O)c2ccc(OC(=O)OCC)cc2)CC1. The largest absolute Gasteiger partial charge is 0.513 e. The second kappa shape index (κ2) is 10.5. The lowest BCUT2D eigenvalue weighted by Crippen LogP contribution is -2.37. The molecule has 2 rings (SSSR count). The second-order valence-electron chi connectivity index (χ2n) is 6.44. The van der Waals surface area contributed by atoms with E-state index in [-0.39, 0.29) is 18.4 Å². The lowest BCUT2D eigenvalue weighted by atomic mass is 10.2. The number of carbonyl (C=O) groups excluding carboxylic acids is 3. The predicted octanol–water partition coefficient (Wildman–Crippen LogP) is 3.09. The van der Waals surface area contributed by atoms with E-state index in [4.69, 9.17) is 9.47 Å². The van der Waals surface area contributed by atoms with Gasteiger partial charge in [0.2, 0.25) is 5.91 Å². The van der Waals surface area contributed by atoms with Crippen LogP contribution in [-0.4, -0.2) is 60.6 Å². The van der Waals surface area contributed by atoms with Crippen molar-refractivity contribution in [3.63, 3.8) is 0 Å². The maximum absolute atomic E-state index is 12.7. The summed E-state index contributed by atoms with van der Waals surface area (Å²) < 4.78 is 9.72. The van der Waals surface area contributed by atoms with Gasteiger partial charge >= 0.3 is 6.16 Å². The van der Waals surface area contributed by atoms with Gasteiger partial charge in [0.05, 0.1) is 6.61 Å². The fraction of sp³-hybridized carbons (Fsp3) is 0.550. The van der Waals surface area contributed by atoms with Gasteiger partial charge in [-0.15, -0.1) is 0 Å². The summed E-state index contributed by atoms with van der Waals surface area (Å²) in [4.78, 5) is 39.9. The highest BCUT2D eigenvalue weighted by atomic mass is 16.7. The number of nitrogens with zero attached hydrogens (tertiary/aromatic N) is 2. The molecule has 1 heterocycles. The molecule has 1 fully saturated rings. The molecule has 1 aromatic rings. The van der Waals surface area contributed by atoms with E-state index < -0.39 is 6.16 Å². The van der Waals surface area contributed by atoms with E-state index in [1.165, 1.54) is 0 Å². The van der Waals surface area contributed by atoms with Crippen LogP contribution in [0.5, 0.6) is 5.75 Å². The van der Waals surface area contributed by atoms with E-state index >= 15 is 0 Å². The minimum Gasteiger partial charge on any atom is -0.434 e. The normalized spacial score (nSPS) is 14.4. The summed E-state index contributed by atoms with van der Waals surface area (Å²) in [6.45, 7) is 6.41. The van der Waals surface area contributed by atoms with E-state index in [1.54, 1.807) is 36.1 Å². The van der Waals surface area contributed by atoms with Gasteiger partial charge < -0.3 is 19.3 Å². The van der Waals surface area contributed by atoms with E-state index in [0.717, 1.165) is 19.3 Å². The van der Waals surface area contributed by atoms with Crippen molar-refractivity contribution in [3.8, 4) is 5.75 Å². The Morgan fingerprint density at radius 1 is 0.963 bits per heavy atom. The summed E-state index contributed by atoms with van der Waals surface area (Å²) in [6, 6.07) is 6.41. The van der Waals surface area contributed by atoms with Gasteiger partial charge in [-0.2, -0.15) is 0 Å². The van der Waals surface area contributed by atoms with Crippen molar-refractivity contribution in [2.45, 2.75) is 39.5 Å². The zero-order valence-corrected chi connectivity index (χ0v) is 16.1. The Hall–Kier alpha value is -2.57. The van der Waals surface area contributed by atoms with Gasteiger partial charge in [-0.1, -0.05) is 13.3 Å². The first-order chi connectivity index (χ1) is 13.0. The van der Waals surface area contributed by atoms with Crippen molar-refractivity contribution < 1.29 is 23.9 Å². The van der Waals surface area contributed by atoms with Gasteiger partial charge in [0, 0.05) is 38.2 Å². The summed E-state index contributed by atoms with van der Waals surface area (Å²) in [7, 11) is 0. The molecule has 0 atom stereocenters. The van der Waals surface area contributed by atoms with Gasteiger partial charge in [0.25, 0.3) is 5.91 Å². The molecule has 1 aromatic carbocycles. The van der Waals surface area contributed by atoms with Gasteiger partial charge in [-0.3, -0.25) is 9.59 Å². The molecule has 0 radical (unpaired) electrons. The minimum atomic E-state index is -0.767. The van der Waals surface area contributed by atoms with E-state index in [2.05, 4.69) is 6.92 Å². The third-order valence-corrected chi connectivity index (χ3v) is 4.44. The maximum Gasteiger partial charge on any atom is 0.513 e. The Morgan fingerprint density at radius 2 is 1.63 bits per heavy atom. The molecular formula is C20H28N2O5. The Kier molecular flexibility index (Phi) is 8.10. The molecule has 7 heteroatoms. The highest BCUT2D eigenvalue weighted by molar-refractivity contribution is 5.94. The van der Waals surface area contributed by atoms with Crippen LogP contribution < -0.4 is 4.74 Å². The third kappa shape index (κ3) is 6.27. The van der Waals surface area contributed by atoms with Crippen LogP contribution in [0.2, 0.25) is 0 Å². The Labute approximate surface area is 160 Å². The molecule has 0 bridgehead atoms. The van der Waals surface area contributed by atoms with Crippen LogP contribution >= 0.6 is 0 Å². The molecule has 0 aliphatic carbocycles. The van der Waals surface area contributed by atoms with Gasteiger partial charge in [-0.25, -0.2) is 4.79 Å². The Morgan fingerprint density at radius 3 is 2.30 bits per heavy atom. The average Bonchev–Trinajstić information content (AvgIpc) is 2.92. The quantitative estimate of drug-likeness (QED) is 0.563. The zero-order chi connectivity index (χ0) is 19.6. The first-order valence-corrected chi connectivity index (χ1v) is 9.56. The van der Waals surface area contributed by atoms with Crippen molar-refractivity contribution in [3.05, 3.63) is 29.8 Å². The molecule has 1 aliphatic heterocycles. The Bertz CT molecular complexity index is 644. The lowest BCUT2D eigenvalue weighted by molar-refractivity contribution is -0.131. The van der Waals surface area contributed by atoms with Gasteiger partial charge in [-0.05, 0) is 44.0 Å². The van der Waals surface area contributed by atoms with Crippen LogP contribution in [-0.2, 0) is 9.53 Å². The smallest absolute Gasteiger partial charge is 0.434 e. The number of hydrogen-bond acceptors (Lipinski definition) is 5. The number of carbonyl (C=O) groups is 3. The molecule has 27 heavy (non-hydrogen) atoms. The zero-order valence-electron chi connectivity index (χ0n) is 16.1. The molecule has 0 N–H and O–H groups in total. The third-order valence-electron chi connectivity index (χ3n) is 4.44. The highest BCUT2D eigenvalue weighted by Crippen LogP contribution is 2.16. The summed E-state index contributed by atoms with van der Waals surface area (Å²) >= 11 is 0. The number of unbranched alkanes of at least 4 members (excludes halogenated alkanes) is 1. The van der Waals surface area contributed by atoms with Crippen LogP contribution in [0.15, 0.2) is 24.3 Å². The summed E-state index contributed by atoms with van der Waals surface area (Å²) in [5.74, 6) is 0.417. The number of hydrogen-bond donors (Lipinski definition) is 0. The Balaban J connectivity index is 1.91. The summed E-state index contributed by atoms with van der Waals surface area (Å²) in [5.41, 5.74) is 0.525. The first-order valence-electron chi connectivity index (χ1n) is 9.56. The molecule has 0 unspecified atom stereocenters. The molecule has 0 spiro atoms. The standard InChI is InChI=1S/C20H28N2O5/c1-3-5-7-18(23)21-12-6-13-22(15-14-21)19(24)16-8-10-17(11-9-16)27-20(25)26-4-2/h8-11H,3-7,12-15H2,1-2H3. The second-order valence-corrected chi connectivity index (χ2v) is 6.44. The van der Waals surface area contributed by atoms with Crippen LogP contribution in [0.25, 0.3) is 0 Å². The van der Waals surface area contributed by atoms with E-state index in [0.29, 0.717) is 43.9 Å². The van der Waals surface area contributed by atoms with Crippen LogP contribution in [0.4, 0.5) is 4.79 Å². The van der Waals surface area contributed by atoms with E-state index in [9.17, 15) is 14.4 Å². The maximum atomic E-state index is 12.7. The average molecular weight is 376 g/mol. The van der Waals surface area contributed by atoms with Gasteiger partial charge in [0.15, 0.2) is 0 Å². The van der Waals surface area contributed by atoms with Crippen LogP contribution in [0, 0.1) is 0 Å². The highest BCUT2D eigenvalue weighted by Gasteiger charge is 2.22. The summed E-state index contributed by atoms with van der Waals surface area (Å²) in [5, 5.41) is 0. The number of amides is 2. The van der Waals surface area contributed by atoms with Crippen molar-refractivity contribution in [1.29, 1.82) is 0 Å². The van der Waals surface area contributed by atoms with Crippen molar-refractivity contribution in [2.75, 3.05) is 32.8 Å². The molecular weight excluding hydrogens is 348 g/mol. The molecule has 1 saturated heterocycles. The number of rotatable bonds is 6. The predicted molar refractivity (Wildman–Crippen MR) is 101 cm³/mol. The topological polar surface area (TPSA) is 76.2 Å². The summed E-state index contributed by atoms with van der Waals surface area (Å²) in [6.07, 6.45) is 2.48. The number of ether oxygens (including phenoxy) is 2. The molecule has 0 aromatic heterocycles. The van der Waals surface area contributed by atoms with Gasteiger partial charge in [0.1, 0.15) is 5.75 Å². The fourth-order valence-electron chi connectivity index (χ4n) is 2.95. The molecule has 2 amide bonds.